The van der Waals surface area contributed by atoms with Crippen molar-refractivity contribution < 1.29 is 17.7 Å². The van der Waals surface area contributed by atoms with Crippen LogP contribution >= 0.6 is 0 Å². The maximum Gasteiger partial charge on any atom is 0.296 e. The molecule has 0 saturated carbocycles. The van der Waals surface area contributed by atoms with Gasteiger partial charge in [0, 0.05) is 19.7 Å². The lowest BCUT2D eigenvalue weighted by atomic mass is 10.1. The van der Waals surface area contributed by atoms with Gasteiger partial charge in [0.15, 0.2) is 0 Å². The molecule has 0 aromatic heterocycles. The molecule has 1 N–H and O–H groups in total. The summed E-state index contributed by atoms with van der Waals surface area (Å²) in [5.74, 6) is 0. The lowest BCUT2D eigenvalue weighted by Crippen LogP contribution is -2.31. The van der Waals surface area contributed by atoms with Gasteiger partial charge in [0.1, 0.15) is 0 Å². The molecule has 2 heterocycles. The number of hydrogen-bond acceptors (Lipinski definition) is 6. The minimum absolute atomic E-state index is 0.237. The molecule has 0 unspecified atom stereocenters. The van der Waals surface area contributed by atoms with E-state index in [1.165, 1.54) is 51.6 Å². The Hall–Kier alpha value is -0.990. The summed E-state index contributed by atoms with van der Waals surface area (Å²) < 4.78 is 29.0. The predicted octanol–water partition coefficient (Wildman–Crippen LogP) is 3.43. The molecular formula is C23H40N2O4S. The van der Waals surface area contributed by atoms with Crippen LogP contribution in [0.15, 0.2) is 29.2 Å². The number of aliphatic hydroxyl groups is 1. The molecule has 3 rings (SSSR count). The largest absolute Gasteiger partial charge is 0.396 e. The maximum atomic E-state index is 12.0. The fourth-order valence-corrected chi connectivity index (χ4v) is 4.83. The Balaban J connectivity index is 0.000000269. The van der Waals surface area contributed by atoms with Crippen LogP contribution in [0.3, 0.4) is 0 Å². The van der Waals surface area contributed by atoms with E-state index < -0.39 is 10.1 Å². The average molecular weight is 441 g/mol. The third kappa shape index (κ3) is 9.88. The smallest absolute Gasteiger partial charge is 0.296 e. The van der Waals surface area contributed by atoms with Crippen molar-refractivity contribution in [3.63, 3.8) is 0 Å². The van der Waals surface area contributed by atoms with Crippen molar-refractivity contribution in [3.8, 4) is 0 Å². The van der Waals surface area contributed by atoms with Crippen LogP contribution in [0.25, 0.3) is 0 Å². The number of hydrogen-bond donors (Lipinski definition) is 1. The molecule has 0 bridgehead atoms. The van der Waals surface area contributed by atoms with E-state index in [0.29, 0.717) is 6.61 Å². The number of aryl methyl sites for hydroxylation is 1. The molecule has 6 nitrogen and oxygen atoms in total. The Labute approximate surface area is 183 Å². The van der Waals surface area contributed by atoms with Gasteiger partial charge in [0.2, 0.25) is 0 Å². The van der Waals surface area contributed by atoms with Gasteiger partial charge in [-0.2, -0.15) is 8.42 Å². The molecule has 0 atom stereocenters. The molecule has 7 heteroatoms. The van der Waals surface area contributed by atoms with Gasteiger partial charge in [0.05, 0.1) is 11.5 Å². The van der Waals surface area contributed by atoms with E-state index in [-0.39, 0.29) is 11.5 Å². The van der Waals surface area contributed by atoms with Gasteiger partial charge in [-0.1, -0.05) is 30.5 Å². The number of likely N-dealkylation sites (tertiary alicyclic amines) is 2. The van der Waals surface area contributed by atoms with Gasteiger partial charge in [-0.3, -0.25) is 4.18 Å². The number of aliphatic hydroxyl groups excluding tert-OH is 1. The normalized spacial score (nSPS) is 18.6. The summed E-state index contributed by atoms with van der Waals surface area (Å²) in [7, 11) is -3.60. The second-order valence-corrected chi connectivity index (χ2v) is 9.94. The van der Waals surface area contributed by atoms with Crippen LogP contribution in [0.5, 0.6) is 0 Å². The van der Waals surface area contributed by atoms with E-state index in [4.69, 9.17) is 9.29 Å². The highest BCUT2D eigenvalue weighted by molar-refractivity contribution is 7.86. The Bertz CT molecular complexity index is 667. The van der Waals surface area contributed by atoms with E-state index in [1.807, 2.05) is 6.92 Å². The zero-order valence-corrected chi connectivity index (χ0v) is 19.4. The second-order valence-electron chi connectivity index (χ2n) is 8.32. The second kappa shape index (κ2) is 14.1. The summed E-state index contributed by atoms with van der Waals surface area (Å²) >= 11 is 0. The monoisotopic (exact) mass is 440 g/mol. The standard InChI is InChI=1S/C15H23NO3S.C8H17NO/c1-14-6-8-15(9-7-14)20(17,18)19-13-5-12-16-10-3-2-4-11-16;10-8-4-7-9-5-2-1-3-6-9/h6-9H,2-5,10-13H2,1H3;10H,1-8H2. The van der Waals surface area contributed by atoms with Crippen molar-refractivity contribution in [3.05, 3.63) is 29.8 Å². The minimum Gasteiger partial charge on any atom is -0.396 e. The third-order valence-electron chi connectivity index (χ3n) is 5.70. The SMILES string of the molecule is Cc1ccc(S(=O)(=O)OCCCN2CCCCC2)cc1.OCCCN1CCCCC1. The van der Waals surface area contributed by atoms with Crippen LogP contribution < -0.4 is 0 Å². The van der Waals surface area contributed by atoms with Crippen molar-refractivity contribution in [1.29, 1.82) is 0 Å². The summed E-state index contributed by atoms with van der Waals surface area (Å²) in [6.45, 7) is 9.30. The maximum absolute atomic E-state index is 12.0. The quantitative estimate of drug-likeness (QED) is 0.469. The average Bonchev–Trinajstić information content (AvgIpc) is 2.77. The van der Waals surface area contributed by atoms with Gasteiger partial charge in [-0.05, 0) is 83.8 Å². The zero-order chi connectivity index (χ0) is 21.7. The highest BCUT2D eigenvalue weighted by atomic mass is 32.2. The van der Waals surface area contributed by atoms with Crippen LogP contribution in [0.2, 0.25) is 0 Å². The topological polar surface area (TPSA) is 70.1 Å². The molecule has 0 aliphatic carbocycles. The van der Waals surface area contributed by atoms with Crippen LogP contribution in [0, 0.1) is 6.92 Å². The van der Waals surface area contributed by atoms with Crippen molar-refractivity contribution in [2.24, 2.45) is 0 Å². The molecule has 30 heavy (non-hydrogen) atoms. The molecule has 0 amide bonds. The van der Waals surface area contributed by atoms with Gasteiger partial charge in [0.25, 0.3) is 10.1 Å². The summed E-state index contributed by atoms with van der Waals surface area (Å²) in [6, 6.07) is 6.75. The van der Waals surface area contributed by atoms with E-state index in [9.17, 15) is 8.42 Å². The molecule has 0 spiro atoms. The van der Waals surface area contributed by atoms with Crippen molar-refractivity contribution in [2.75, 3.05) is 52.5 Å². The van der Waals surface area contributed by atoms with E-state index in [1.54, 1.807) is 24.3 Å². The van der Waals surface area contributed by atoms with Crippen LogP contribution in [0.4, 0.5) is 0 Å². The lowest BCUT2D eigenvalue weighted by molar-refractivity contribution is 0.198. The molecule has 2 fully saturated rings. The number of nitrogens with zero attached hydrogens (tertiary/aromatic N) is 2. The third-order valence-corrected chi connectivity index (χ3v) is 7.02. The Morgan fingerprint density at radius 1 is 0.833 bits per heavy atom. The molecule has 172 valence electrons. The lowest BCUT2D eigenvalue weighted by Gasteiger charge is -2.26. The summed E-state index contributed by atoms with van der Waals surface area (Å²) in [5, 5.41) is 8.57. The van der Waals surface area contributed by atoms with E-state index >= 15 is 0 Å². The van der Waals surface area contributed by atoms with Crippen LogP contribution in [-0.4, -0.2) is 75.8 Å². The van der Waals surface area contributed by atoms with Crippen molar-refractivity contribution >= 4 is 10.1 Å². The van der Waals surface area contributed by atoms with E-state index in [2.05, 4.69) is 9.80 Å². The van der Waals surface area contributed by atoms with Gasteiger partial charge in [-0.25, -0.2) is 0 Å². The van der Waals surface area contributed by atoms with Gasteiger partial charge < -0.3 is 14.9 Å². The summed E-state index contributed by atoms with van der Waals surface area (Å²) in [5.41, 5.74) is 1.04. The van der Waals surface area contributed by atoms with Crippen LogP contribution in [0.1, 0.15) is 56.9 Å². The fraction of sp³-hybridized carbons (Fsp3) is 0.739. The van der Waals surface area contributed by atoms with E-state index in [0.717, 1.165) is 44.6 Å². The number of piperidine rings is 2. The number of benzene rings is 1. The Kier molecular flexibility index (Phi) is 11.9. The van der Waals surface area contributed by atoms with Crippen LogP contribution in [-0.2, 0) is 14.3 Å². The van der Waals surface area contributed by atoms with Crippen molar-refractivity contribution in [2.45, 2.75) is 63.2 Å². The predicted molar refractivity (Wildman–Crippen MR) is 121 cm³/mol. The number of rotatable bonds is 9. The molecule has 0 radical (unpaired) electrons. The van der Waals surface area contributed by atoms with Gasteiger partial charge in [-0.15, -0.1) is 0 Å². The highest BCUT2D eigenvalue weighted by Gasteiger charge is 2.15. The highest BCUT2D eigenvalue weighted by Crippen LogP contribution is 2.14. The Morgan fingerprint density at radius 2 is 1.33 bits per heavy atom. The Morgan fingerprint density at radius 3 is 1.83 bits per heavy atom. The molecular weight excluding hydrogens is 400 g/mol. The first-order valence-electron chi connectivity index (χ1n) is 11.5. The zero-order valence-electron chi connectivity index (χ0n) is 18.6. The molecule has 1 aromatic rings. The molecule has 2 aliphatic heterocycles. The minimum atomic E-state index is -3.60. The first-order chi connectivity index (χ1) is 14.5. The first kappa shape index (κ1) is 25.3. The summed E-state index contributed by atoms with van der Waals surface area (Å²) in [4.78, 5) is 5.06. The molecule has 2 saturated heterocycles. The van der Waals surface area contributed by atoms with Crippen molar-refractivity contribution in [1.82, 2.24) is 9.80 Å². The molecule has 1 aromatic carbocycles. The van der Waals surface area contributed by atoms with Gasteiger partial charge >= 0.3 is 0 Å². The first-order valence-corrected chi connectivity index (χ1v) is 12.9. The summed E-state index contributed by atoms with van der Waals surface area (Å²) in [6.07, 6.45) is 9.62. The molecule has 2 aliphatic rings. The fourth-order valence-electron chi connectivity index (χ4n) is 3.89.